The highest BCUT2D eigenvalue weighted by Gasteiger charge is 2.48. The van der Waals surface area contributed by atoms with E-state index in [4.69, 9.17) is 0 Å². The number of nitrogens with zero attached hydrogens (tertiary/aromatic N) is 1. The maximum atomic E-state index is 2.51. The standard InChI is InChI=1S/C60H41NSi/c1-3-19-49(20-4-1)62(50-21-5-2-6-22-50)59-29-14-13-27-56(59)57-39-34-45(41-60(57)62)42-30-35-47(36-31-42)61(58-40-46-17-8-10-24-53(46)54-25-11-12-26-55(54)58)48-37-32-44(33-38-48)52-28-15-18-43-16-7-9-23-51(43)52/h1-41H. The lowest BCUT2D eigenvalue weighted by Gasteiger charge is -2.31. The first-order chi connectivity index (χ1) is 30.8. The maximum absolute atomic E-state index is 2.61. The molecular formula is C60H41NSi. The molecule has 1 aliphatic rings. The minimum atomic E-state index is -2.61. The summed E-state index contributed by atoms with van der Waals surface area (Å²) in [5, 5.41) is 13.2. The summed E-state index contributed by atoms with van der Waals surface area (Å²) in [6.45, 7) is 0. The van der Waals surface area contributed by atoms with Gasteiger partial charge in [-0.15, -0.1) is 0 Å². The van der Waals surface area contributed by atoms with Crippen molar-refractivity contribution in [2.24, 2.45) is 0 Å². The van der Waals surface area contributed by atoms with Gasteiger partial charge in [-0.05, 0) is 111 Å². The van der Waals surface area contributed by atoms with Crippen LogP contribution < -0.4 is 25.6 Å². The van der Waals surface area contributed by atoms with Gasteiger partial charge >= 0.3 is 0 Å². The van der Waals surface area contributed by atoms with Crippen molar-refractivity contribution in [1.82, 2.24) is 0 Å². The van der Waals surface area contributed by atoms with E-state index < -0.39 is 8.07 Å². The molecule has 290 valence electrons. The number of hydrogen-bond donors (Lipinski definition) is 0. The predicted octanol–water partition coefficient (Wildman–Crippen LogP) is 13.3. The summed E-state index contributed by atoms with van der Waals surface area (Å²) in [7, 11) is -2.61. The third kappa shape index (κ3) is 5.69. The van der Waals surface area contributed by atoms with Gasteiger partial charge in [-0.3, -0.25) is 0 Å². The van der Waals surface area contributed by atoms with E-state index in [2.05, 4.69) is 254 Å². The highest BCUT2D eigenvalue weighted by molar-refractivity contribution is 7.22. The van der Waals surface area contributed by atoms with Crippen molar-refractivity contribution in [3.8, 4) is 33.4 Å². The normalized spacial score (nSPS) is 12.6. The quantitative estimate of drug-likeness (QED) is 0.115. The van der Waals surface area contributed by atoms with Crippen molar-refractivity contribution in [2.45, 2.75) is 0 Å². The van der Waals surface area contributed by atoms with E-state index >= 15 is 0 Å². The van der Waals surface area contributed by atoms with Gasteiger partial charge < -0.3 is 4.90 Å². The van der Waals surface area contributed by atoms with Crippen molar-refractivity contribution in [2.75, 3.05) is 4.90 Å². The molecule has 11 aromatic rings. The highest BCUT2D eigenvalue weighted by atomic mass is 28.3. The fraction of sp³-hybridized carbons (Fsp3) is 0. The molecule has 0 amide bonds. The molecule has 0 N–H and O–H groups in total. The molecule has 2 heteroatoms. The van der Waals surface area contributed by atoms with Gasteiger partial charge in [-0.25, -0.2) is 0 Å². The number of fused-ring (bicyclic) bond motifs is 7. The zero-order valence-electron chi connectivity index (χ0n) is 34.1. The molecule has 0 aromatic heterocycles. The van der Waals surface area contributed by atoms with E-state index in [0.717, 1.165) is 17.1 Å². The first kappa shape index (κ1) is 36.1. The van der Waals surface area contributed by atoms with Crippen LogP contribution in [0.1, 0.15) is 0 Å². The molecule has 1 aliphatic heterocycles. The van der Waals surface area contributed by atoms with Gasteiger partial charge in [-0.1, -0.05) is 218 Å². The minimum absolute atomic E-state index is 1.11. The Morgan fingerprint density at radius 3 is 1.48 bits per heavy atom. The fourth-order valence-electron chi connectivity index (χ4n) is 10.3. The molecule has 0 spiro atoms. The first-order valence-corrected chi connectivity index (χ1v) is 23.5. The Kier molecular flexibility index (Phi) is 8.58. The number of benzene rings is 11. The topological polar surface area (TPSA) is 3.24 Å². The molecule has 12 rings (SSSR count). The van der Waals surface area contributed by atoms with Crippen molar-refractivity contribution in [3.05, 3.63) is 249 Å². The summed E-state index contributed by atoms with van der Waals surface area (Å²) >= 11 is 0. The van der Waals surface area contributed by atoms with Crippen LogP contribution in [0.3, 0.4) is 0 Å². The van der Waals surface area contributed by atoms with Crippen molar-refractivity contribution >= 4 is 78.2 Å². The Morgan fingerprint density at radius 2 is 0.774 bits per heavy atom. The van der Waals surface area contributed by atoms with Gasteiger partial charge in [0.2, 0.25) is 0 Å². The maximum Gasteiger partial charge on any atom is 0.180 e. The van der Waals surface area contributed by atoms with E-state index in [1.165, 1.54) is 86.4 Å². The number of rotatable bonds is 7. The van der Waals surface area contributed by atoms with Crippen LogP contribution in [0.4, 0.5) is 17.1 Å². The SMILES string of the molecule is c1ccc([Si]2(c3ccccc3)c3ccccc3-c3ccc(-c4ccc(N(c5ccc(-c6cccc7ccccc67)cc5)c5cc6ccccc6c6ccccc56)cc4)cc32)cc1. The summed E-state index contributed by atoms with van der Waals surface area (Å²) in [4.78, 5) is 2.44. The van der Waals surface area contributed by atoms with Crippen LogP contribution in [0.2, 0.25) is 0 Å². The van der Waals surface area contributed by atoms with Crippen molar-refractivity contribution in [1.29, 1.82) is 0 Å². The third-order valence-corrected chi connectivity index (χ3v) is 18.0. The van der Waals surface area contributed by atoms with Crippen molar-refractivity contribution in [3.63, 3.8) is 0 Å². The van der Waals surface area contributed by atoms with Crippen molar-refractivity contribution < 1.29 is 0 Å². The Balaban J connectivity index is 1.01. The van der Waals surface area contributed by atoms with Gasteiger partial charge in [0.05, 0.1) is 5.69 Å². The summed E-state index contributed by atoms with van der Waals surface area (Å²) in [6, 6.07) is 92.4. The second-order valence-corrected chi connectivity index (χ2v) is 20.1. The molecule has 0 saturated heterocycles. The number of hydrogen-bond acceptors (Lipinski definition) is 1. The monoisotopic (exact) mass is 803 g/mol. The Labute approximate surface area is 363 Å². The number of anilines is 3. The average molecular weight is 804 g/mol. The van der Waals surface area contributed by atoms with Crippen LogP contribution in [-0.4, -0.2) is 8.07 Å². The minimum Gasteiger partial charge on any atom is -0.310 e. The molecule has 0 unspecified atom stereocenters. The smallest absolute Gasteiger partial charge is 0.180 e. The van der Waals surface area contributed by atoms with Gasteiger partial charge in [-0.2, -0.15) is 0 Å². The fourth-order valence-corrected chi connectivity index (χ4v) is 15.6. The van der Waals surface area contributed by atoms with E-state index in [1.807, 2.05) is 0 Å². The Bertz CT molecular complexity index is 3400. The molecule has 0 aliphatic carbocycles. The Hall–Kier alpha value is -7.78. The predicted molar refractivity (Wildman–Crippen MR) is 267 cm³/mol. The molecule has 1 nitrogen and oxygen atoms in total. The first-order valence-electron chi connectivity index (χ1n) is 21.5. The molecule has 11 aromatic carbocycles. The molecule has 0 saturated carbocycles. The van der Waals surface area contributed by atoms with Crippen LogP contribution in [0.5, 0.6) is 0 Å². The average Bonchev–Trinajstić information content (AvgIpc) is 3.65. The molecule has 0 bridgehead atoms. The second kappa shape index (κ2) is 14.7. The summed E-state index contributed by atoms with van der Waals surface area (Å²) in [6.07, 6.45) is 0. The second-order valence-electron chi connectivity index (χ2n) is 16.4. The van der Waals surface area contributed by atoms with Gasteiger partial charge in [0.25, 0.3) is 0 Å². The Morgan fingerprint density at radius 1 is 0.274 bits per heavy atom. The molecule has 0 atom stereocenters. The van der Waals surface area contributed by atoms with Gasteiger partial charge in [0.15, 0.2) is 8.07 Å². The zero-order valence-corrected chi connectivity index (χ0v) is 35.1. The van der Waals surface area contributed by atoms with Crippen LogP contribution in [0.25, 0.3) is 65.7 Å². The molecular weight excluding hydrogens is 763 g/mol. The van der Waals surface area contributed by atoms with Gasteiger partial charge in [0, 0.05) is 16.8 Å². The van der Waals surface area contributed by atoms with Crippen LogP contribution >= 0.6 is 0 Å². The summed E-state index contributed by atoms with van der Waals surface area (Å²) < 4.78 is 0. The highest BCUT2D eigenvalue weighted by Crippen LogP contribution is 2.43. The van der Waals surface area contributed by atoms with E-state index in [9.17, 15) is 0 Å². The van der Waals surface area contributed by atoms with E-state index in [-0.39, 0.29) is 0 Å². The van der Waals surface area contributed by atoms with E-state index in [0.29, 0.717) is 0 Å². The molecule has 62 heavy (non-hydrogen) atoms. The van der Waals surface area contributed by atoms with E-state index in [1.54, 1.807) is 0 Å². The lowest BCUT2D eigenvalue weighted by Crippen LogP contribution is -2.72. The van der Waals surface area contributed by atoms with Crippen LogP contribution in [-0.2, 0) is 0 Å². The lowest BCUT2D eigenvalue weighted by molar-refractivity contribution is 1.30. The molecule has 0 radical (unpaired) electrons. The summed E-state index contributed by atoms with van der Waals surface area (Å²) in [5.41, 5.74) is 11.0. The van der Waals surface area contributed by atoms with Crippen LogP contribution in [0.15, 0.2) is 249 Å². The molecule has 1 heterocycles. The largest absolute Gasteiger partial charge is 0.310 e. The zero-order chi connectivity index (χ0) is 41.0. The molecule has 0 fully saturated rings. The lowest BCUT2D eigenvalue weighted by atomic mass is 9.97. The van der Waals surface area contributed by atoms with Crippen LogP contribution in [0, 0.1) is 0 Å². The van der Waals surface area contributed by atoms with Gasteiger partial charge in [0.1, 0.15) is 0 Å². The summed E-state index contributed by atoms with van der Waals surface area (Å²) in [5.74, 6) is 0. The third-order valence-electron chi connectivity index (χ3n) is 13.1.